The fourth-order valence-electron chi connectivity index (χ4n) is 3.74. The monoisotopic (exact) mass is 642 g/mol. The molecule has 0 amide bonds. The molecule has 0 aliphatic carbocycles. The lowest BCUT2D eigenvalue weighted by atomic mass is 10.1. The van der Waals surface area contributed by atoms with Crippen LogP contribution in [0.5, 0.6) is 0 Å². The first-order chi connectivity index (χ1) is 18.5. The Morgan fingerprint density at radius 2 is 1.15 bits per heavy atom. The molecule has 0 aliphatic heterocycles. The Hall–Kier alpha value is -3.04. The minimum absolute atomic E-state index is 0.298. The van der Waals surface area contributed by atoms with Gasteiger partial charge in [-0.2, -0.15) is 0 Å². The number of fused-ring (bicyclic) bond motifs is 2. The average Bonchev–Trinajstić information content (AvgIpc) is 3.56. The van der Waals surface area contributed by atoms with Crippen LogP contribution in [-0.2, 0) is 4.57 Å². The average molecular weight is 645 g/mol. The van der Waals surface area contributed by atoms with Crippen LogP contribution < -0.4 is 11.2 Å². The molecule has 9 nitrogen and oxygen atoms in total. The number of hydrogen-bond donors (Lipinski definition) is 2. The molecule has 0 unspecified atom stereocenters. The van der Waals surface area contributed by atoms with Crippen molar-refractivity contribution in [1.29, 1.82) is 0 Å². The summed E-state index contributed by atoms with van der Waals surface area (Å²) >= 11 is 25.9. The van der Waals surface area contributed by atoms with Crippen molar-refractivity contribution in [3.8, 4) is 22.3 Å². The van der Waals surface area contributed by atoms with Gasteiger partial charge in [-0.25, -0.2) is 9.89 Å². The number of aromatic nitrogens is 6. The molecule has 2 aromatic carbocycles. The molecule has 200 valence electrons. The summed E-state index contributed by atoms with van der Waals surface area (Å²) in [6, 6.07) is 23.1. The van der Waals surface area contributed by atoms with Crippen LogP contribution in [0.3, 0.4) is 0 Å². The van der Waals surface area contributed by atoms with E-state index in [4.69, 9.17) is 23.2 Å². The van der Waals surface area contributed by atoms with Gasteiger partial charge in [0.1, 0.15) is 5.52 Å². The van der Waals surface area contributed by atoms with E-state index in [-0.39, 0.29) is 11.2 Å². The standard InChI is InChI=1S/C12H7Cl2N3.C12H9N3O2.Cl3OP/c13-11-10-9(8-4-2-1-3-5-8)6-7-17(10)12(14)16-15-11;16-11-10-9(8-4-2-1-3-5-8)6-7-15(10)12(17)14-13-11;1-5(2,3)4/h1-7H;1-7H,(H,13,16)(H,14,17);. The maximum atomic E-state index is 11.7. The maximum Gasteiger partial charge on any atom is 0.344 e. The van der Waals surface area contributed by atoms with Gasteiger partial charge >= 0.3 is 10.9 Å². The fourth-order valence-corrected chi connectivity index (χ4v) is 4.15. The zero-order valence-electron chi connectivity index (χ0n) is 19.4. The lowest BCUT2D eigenvalue weighted by molar-refractivity contribution is 0.600. The molecule has 0 saturated carbocycles. The molecule has 4 aromatic heterocycles. The van der Waals surface area contributed by atoms with Crippen LogP contribution >= 0.6 is 62.1 Å². The van der Waals surface area contributed by atoms with Crippen LogP contribution in [0, 0.1) is 0 Å². The molecule has 0 saturated heterocycles. The van der Waals surface area contributed by atoms with Crippen molar-refractivity contribution in [3.05, 3.63) is 116 Å². The summed E-state index contributed by atoms with van der Waals surface area (Å²) in [4.78, 5) is 23.3. The predicted octanol–water partition coefficient (Wildman–Crippen LogP) is 7.50. The summed E-state index contributed by atoms with van der Waals surface area (Å²) in [5, 5.41) is 9.61. The maximum absolute atomic E-state index is 11.7. The van der Waals surface area contributed by atoms with Crippen molar-refractivity contribution in [3.63, 3.8) is 0 Å². The van der Waals surface area contributed by atoms with Crippen molar-refractivity contribution in [1.82, 2.24) is 29.2 Å². The second kappa shape index (κ2) is 12.4. The first kappa shape index (κ1) is 29.0. The Morgan fingerprint density at radius 1 is 0.667 bits per heavy atom. The van der Waals surface area contributed by atoms with Gasteiger partial charge in [0.15, 0.2) is 5.15 Å². The predicted molar refractivity (Wildman–Crippen MR) is 158 cm³/mol. The third-order valence-electron chi connectivity index (χ3n) is 5.27. The lowest BCUT2D eigenvalue weighted by Crippen LogP contribution is -2.25. The normalized spacial score (nSPS) is 11.0. The highest BCUT2D eigenvalue weighted by Gasteiger charge is 2.12. The highest BCUT2D eigenvalue weighted by atomic mass is 36.0. The number of nitrogens with one attached hydrogen (secondary N) is 2. The summed E-state index contributed by atoms with van der Waals surface area (Å²) < 4.78 is 12.5. The molecular weight excluding hydrogens is 629 g/mol. The second-order valence-electron chi connectivity index (χ2n) is 7.67. The van der Waals surface area contributed by atoms with E-state index in [1.165, 1.54) is 4.40 Å². The van der Waals surface area contributed by atoms with Gasteiger partial charge in [0.25, 0.3) is 5.56 Å². The van der Waals surface area contributed by atoms with E-state index in [1.807, 2.05) is 72.9 Å². The number of halogens is 5. The number of H-pyrrole nitrogens is 2. The van der Waals surface area contributed by atoms with Crippen molar-refractivity contribution in [2.45, 2.75) is 0 Å². The van der Waals surface area contributed by atoms with Crippen LogP contribution in [0.4, 0.5) is 0 Å². The van der Waals surface area contributed by atoms with E-state index in [1.54, 1.807) is 16.7 Å². The van der Waals surface area contributed by atoms with Gasteiger partial charge in [0.05, 0.1) is 5.52 Å². The van der Waals surface area contributed by atoms with Crippen molar-refractivity contribution < 1.29 is 4.57 Å². The van der Waals surface area contributed by atoms with Gasteiger partial charge in [-0.15, -0.1) is 10.2 Å². The summed E-state index contributed by atoms with van der Waals surface area (Å²) in [7, 11) is 0. The molecule has 0 atom stereocenters. The van der Waals surface area contributed by atoms with Gasteiger partial charge in [0.2, 0.25) is 5.28 Å². The molecule has 2 N–H and O–H groups in total. The van der Waals surface area contributed by atoms with Gasteiger partial charge in [-0.3, -0.25) is 23.3 Å². The van der Waals surface area contributed by atoms with Crippen LogP contribution in [0.25, 0.3) is 33.3 Å². The molecule has 15 heteroatoms. The Labute approximate surface area is 244 Å². The summed E-state index contributed by atoms with van der Waals surface area (Å²) in [6.45, 7) is 0. The number of hydrogen-bond acceptors (Lipinski definition) is 5. The van der Waals surface area contributed by atoms with Gasteiger partial charge in [-0.1, -0.05) is 72.3 Å². The fraction of sp³-hybridized carbons (Fsp3) is 0. The largest absolute Gasteiger partial charge is 0.344 e. The van der Waals surface area contributed by atoms with E-state index >= 15 is 0 Å². The lowest BCUT2D eigenvalue weighted by Gasteiger charge is -2.02. The minimum atomic E-state index is -3.22. The molecule has 0 spiro atoms. The highest BCUT2D eigenvalue weighted by molar-refractivity contribution is 8.24. The third kappa shape index (κ3) is 7.13. The van der Waals surface area contributed by atoms with E-state index < -0.39 is 5.20 Å². The Balaban J connectivity index is 0.000000155. The molecule has 0 aliphatic rings. The SMILES string of the molecule is Clc1nnc(Cl)n2ccc(-c3ccccc3)c12.O=P(Cl)(Cl)Cl.O=c1[nH][nH]c(=O)n2ccc(-c3ccccc3)c12. The van der Waals surface area contributed by atoms with Gasteiger partial charge in [-0.05, 0) is 68.6 Å². The molecule has 6 aromatic rings. The van der Waals surface area contributed by atoms with Crippen LogP contribution in [-0.4, -0.2) is 29.2 Å². The molecule has 39 heavy (non-hydrogen) atoms. The molecular formula is C24H16Cl5N6O3P. The molecule has 0 fully saturated rings. The zero-order chi connectivity index (χ0) is 28.2. The van der Waals surface area contributed by atoms with Crippen LogP contribution in [0.2, 0.25) is 10.4 Å². The minimum Gasteiger partial charge on any atom is -0.287 e. The molecule has 0 bridgehead atoms. The van der Waals surface area contributed by atoms with Crippen LogP contribution in [0.15, 0.2) is 94.8 Å². The highest BCUT2D eigenvalue weighted by Crippen LogP contribution is 2.61. The Bertz CT molecular complexity index is 1890. The zero-order valence-corrected chi connectivity index (χ0v) is 24.1. The Morgan fingerprint density at radius 3 is 1.69 bits per heavy atom. The number of nitrogens with zero attached hydrogens (tertiary/aromatic N) is 4. The first-order valence-corrected chi connectivity index (χ1v) is 16.0. The van der Waals surface area contributed by atoms with Crippen molar-refractivity contribution in [2.24, 2.45) is 0 Å². The van der Waals surface area contributed by atoms with Crippen molar-refractivity contribution in [2.75, 3.05) is 0 Å². The summed E-state index contributed by atoms with van der Waals surface area (Å²) in [5.41, 5.74) is 4.19. The topological polar surface area (TPSA) is 117 Å². The Kier molecular flexibility index (Phi) is 9.23. The number of benzene rings is 2. The number of rotatable bonds is 2. The first-order valence-electron chi connectivity index (χ1n) is 10.8. The smallest absolute Gasteiger partial charge is 0.287 e. The van der Waals surface area contributed by atoms with E-state index in [9.17, 15) is 14.2 Å². The summed E-state index contributed by atoms with van der Waals surface area (Å²) in [5.74, 6) is 0. The second-order valence-corrected chi connectivity index (χ2v) is 15.0. The molecule has 0 radical (unpaired) electrons. The van der Waals surface area contributed by atoms with Crippen LogP contribution in [0.1, 0.15) is 0 Å². The quantitative estimate of drug-likeness (QED) is 0.189. The molecule has 4 heterocycles. The van der Waals surface area contributed by atoms with Gasteiger partial charge in [0, 0.05) is 23.5 Å². The van der Waals surface area contributed by atoms with E-state index in [0.29, 0.717) is 16.0 Å². The summed E-state index contributed by atoms with van der Waals surface area (Å²) in [6.07, 6.45) is 3.42. The third-order valence-corrected chi connectivity index (χ3v) is 5.79. The van der Waals surface area contributed by atoms with Gasteiger partial charge < -0.3 is 0 Å². The van der Waals surface area contributed by atoms with E-state index in [2.05, 4.69) is 54.1 Å². The molecule has 6 rings (SSSR count). The van der Waals surface area contributed by atoms with E-state index in [0.717, 1.165) is 27.8 Å². The van der Waals surface area contributed by atoms with Crippen molar-refractivity contribution >= 4 is 73.2 Å². The number of aromatic amines is 2.